The van der Waals surface area contributed by atoms with Crippen LogP contribution in [0.2, 0.25) is 0 Å². The van der Waals surface area contributed by atoms with Crippen LogP contribution >= 0.6 is 0 Å². The molecule has 4 N–H and O–H groups in total. The number of hydrogen-bond acceptors (Lipinski definition) is 4. The molecule has 0 aliphatic carbocycles. The van der Waals surface area contributed by atoms with Crippen LogP contribution < -0.4 is 16.4 Å². The van der Waals surface area contributed by atoms with E-state index in [9.17, 15) is 9.59 Å². The zero-order valence-electron chi connectivity index (χ0n) is 15.0. The van der Waals surface area contributed by atoms with E-state index in [0.717, 1.165) is 17.7 Å². The van der Waals surface area contributed by atoms with E-state index in [1.807, 2.05) is 55.5 Å². The van der Waals surface area contributed by atoms with Gasteiger partial charge in [-0.2, -0.15) is 0 Å². The van der Waals surface area contributed by atoms with Crippen LogP contribution in [0.1, 0.15) is 37.1 Å². The summed E-state index contributed by atoms with van der Waals surface area (Å²) in [5.41, 5.74) is 7.63. The summed E-state index contributed by atoms with van der Waals surface area (Å²) in [4.78, 5) is 28.5. The molecule has 2 atom stereocenters. The van der Waals surface area contributed by atoms with Gasteiger partial charge in [-0.1, -0.05) is 49.7 Å². The summed E-state index contributed by atoms with van der Waals surface area (Å²) < 4.78 is 0. The molecule has 0 bridgehead atoms. The highest BCUT2D eigenvalue weighted by Gasteiger charge is 2.17. The summed E-state index contributed by atoms with van der Waals surface area (Å²) in [6, 6.07) is 14.6. The van der Waals surface area contributed by atoms with E-state index in [0.29, 0.717) is 12.8 Å². The molecule has 6 nitrogen and oxygen atoms in total. The molecule has 2 amide bonds. The number of carbonyl (C=O) groups excluding carboxylic acids is 2. The molecule has 1 aromatic carbocycles. The Bertz CT molecular complexity index is 691. The lowest BCUT2D eigenvalue weighted by molar-refractivity contribution is -0.127. The minimum absolute atomic E-state index is 0.0954. The minimum atomic E-state index is -0.578. The fourth-order valence-electron chi connectivity index (χ4n) is 2.65. The van der Waals surface area contributed by atoms with Crippen molar-refractivity contribution < 1.29 is 9.59 Å². The van der Waals surface area contributed by atoms with Gasteiger partial charge < -0.3 is 16.4 Å². The molecule has 0 spiro atoms. The lowest BCUT2D eigenvalue weighted by Crippen LogP contribution is -2.45. The van der Waals surface area contributed by atoms with E-state index in [4.69, 9.17) is 5.73 Å². The van der Waals surface area contributed by atoms with Crippen LogP contribution in [-0.4, -0.2) is 29.4 Å². The van der Waals surface area contributed by atoms with Crippen LogP contribution in [-0.2, 0) is 16.0 Å². The Morgan fingerprint density at radius 2 is 1.85 bits per heavy atom. The summed E-state index contributed by atoms with van der Waals surface area (Å²) >= 11 is 0. The second-order valence-corrected chi connectivity index (χ2v) is 6.17. The Morgan fingerprint density at radius 3 is 2.50 bits per heavy atom. The van der Waals surface area contributed by atoms with Gasteiger partial charge in [0.2, 0.25) is 11.8 Å². The zero-order chi connectivity index (χ0) is 18.8. The quantitative estimate of drug-likeness (QED) is 0.639. The second-order valence-electron chi connectivity index (χ2n) is 6.17. The standard InChI is InChI=1S/C20H26N4O2/c1-2-8-17(21)20(26)23-14-19(25)24-18(15-9-4-3-5-10-15)13-16-11-6-7-12-22-16/h3-7,9-12,17-18H,2,8,13-14,21H2,1H3,(H,23,26)(H,24,25). The van der Waals surface area contributed by atoms with Crippen LogP contribution in [0.4, 0.5) is 0 Å². The van der Waals surface area contributed by atoms with Gasteiger partial charge in [0.05, 0.1) is 18.6 Å². The fourth-order valence-corrected chi connectivity index (χ4v) is 2.65. The van der Waals surface area contributed by atoms with Crippen molar-refractivity contribution >= 4 is 11.8 Å². The maximum atomic E-state index is 12.3. The van der Waals surface area contributed by atoms with Gasteiger partial charge in [-0.15, -0.1) is 0 Å². The second kappa shape index (κ2) is 10.3. The van der Waals surface area contributed by atoms with Gasteiger partial charge in [-0.3, -0.25) is 14.6 Å². The van der Waals surface area contributed by atoms with Crippen molar-refractivity contribution in [2.45, 2.75) is 38.3 Å². The lowest BCUT2D eigenvalue weighted by Gasteiger charge is -2.19. The molecule has 138 valence electrons. The summed E-state index contributed by atoms with van der Waals surface area (Å²) in [5.74, 6) is -0.560. The number of nitrogens with two attached hydrogens (primary N) is 1. The third kappa shape index (κ3) is 6.29. The Kier molecular flexibility index (Phi) is 7.76. The van der Waals surface area contributed by atoms with Gasteiger partial charge >= 0.3 is 0 Å². The van der Waals surface area contributed by atoms with Crippen molar-refractivity contribution in [2.24, 2.45) is 5.73 Å². The van der Waals surface area contributed by atoms with Crippen molar-refractivity contribution in [2.75, 3.05) is 6.54 Å². The predicted octanol–water partition coefficient (Wildman–Crippen LogP) is 1.73. The third-order valence-electron chi connectivity index (χ3n) is 4.04. The fraction of sp³-hybridized carbons (Fsp3) is 0.350. The molecule has 0 radical (unpaired) electrons. The van der Waals surface area contributed by atoms with Gasteiger partial charge in [-0.25, -0.2) is 0 Å². The number of amides is 2. The third-order valence-corrected chi connectivity index (χ3v) is 4.04. The molecule has 0 saturated heterocycles. The van der Waals surface area contributed by atoms with Crippen molar-refractivity contribution in [3.8, 4) is 0 Å². The molecular weight excluding hydrogens is 328 g/mol. The van der Waals surface area contributed by atoms with Crippen LogP contribution in [0, 0.1) is 0 Å². The average Bonchev–Trinajstić information content (AvgIpc) is 2.67. The molecule has 1 heterocycles. The van der Waals surface area contributed by atoms with E-state index in [1.54, 1.807) is 6.20 Å². The van der Waals surface area contributed by atoms with Crippen LogP contribution in [0.5, 0.6) is 0 Å². The molecule has 2 rings (SSSR count). The van der Waals surface area contributed by atoms with E-state index in [1.165, 1.54) is 0 Å². The van der Waals surface area contributed by atoms with Gasteiger partial charge in [0.25, 0.3) is 0 Å². The molecule has 6 heteroatoms. The number of carbonyl (C=O) groups is 2. The van der Waals surface area contributed by atoms with Gasteiger partial charge in [0.1, 0.15) is 0 Å². The van der Waals surface area contributed by atoms with E-state index >= 15 is 0 Å². The average molecular weight is 354 g/mol. The molecule has 26 heavy (non-hydrogen) atoms. The van der Waals surface area contributed by atoms with E-state index < -0.39 is 6.04 Å². The number of rotatable bonds is 9. The maximum Gasteiger partial charge on any atom is 0.239 e. The molecule has 0 aliphatic rings. The van der Waals surface area contributed by atoms with Crippen molar-refractivity contribution in [1.29, 1.82) is 0 Å². The molecule has 2 aromatic rings. The summed E-state index contributed by atoms with van der Waals surface area (Å²) in [6.07, 6.45) is 3.72. The number of nitrogens with one attached hydrogen (secondary N) is 2. The molecular formula is C20H26N4O2. The highest BCUT2D eigenvalue weighted by atomic mass is 16.2. The number of nitrogens with zero attached hydrogens (tertiary/aromatic N) is 1. The number of benzene rings is 1. The summed E-state index contributed by atoms with van der Waals surface area (Å²) in [7, 11) is 0. The van der Waals surface area contributed by atoms with Gasteiger partial charge in [0, 0.05) is 18.3 Å². The smallest absolute Gasteiger partial charge is 0.239 e. The number of aromatic nitrogens is 1. The normalized spacial score (nSPS) is 12.8. The molecule has 0 aliphatic heterocycles. The minimum Gasteiger partial charge on any atom is -0.347 e. The first-order valence-electron chi connectivity index (χ1n) is 8.87. The topological polar surface area (TPSA) is 97.1 Å². The lowest BCUT2D eigenvalue weighted by atomic mass is 10.0. The van der Waals surface area contributed by atoms with Crippen LogP contribution in [0.25, 0.3) is 0 Å². The van der Waals surface area contributed by atoms with Crippen LogP contribution in [0.3, 0.4) is 0 Å². The predicted molar refractivity (Wildman–Crippen MR) is 101 cm³/mol. The monoisotopic (exact) mass is 354 g/mol. The first-order chi connectivity index (χ1) is 12.6. The summed E-state index contributed by atoms with van der Waals surface area (Å²) in [5, 5.41) is 5.57. The van der Waals surface area contributed by atoms with E-state index in [-0.39, 0.29) is 24.4 Å². The van der Waals surface area contributed by atoms with Crippen LogP contribution in [0.15, 0.2) is 54.7 Å². The highest BCUT2D eigenvalue weighted by molar-refractivity contribution is 5.87. The van der Waals surface area contributed by atoms with E-state index in [2.05, 4.69) is 15.6 Å². The largest absolute Gasteiger partial charge is 0.347 e. The SMILES string of the molecule is CCCC(N)C(=O)NCC(=O)NC(Cc1ccccn1)c1ccccc1. The number of hydrogen-bond donors (Lipinski definition) is 3. The molecule has 2 unspecified atom stereocenters. The molecule has 1 aromatic heterocycles. The zero-order valence-corrected chi connectivity index (χ0v) is 15.0. The Labute approximate surface area is 154 Å². The van der Waals surface area contributed by atoms with Gasteiger partial charge in [-0.05, 0) is 24.1 Å². The number of pyridine rings is 1. The maximum absolute atomic E-state index is 12.3. The molecule has 0 saturated carbocycles. The Balaban J connectivity index is 1.98. The first kappa shape index (κ1) is 19.6. The van der Waals surface area contributed by atoms with Crippen molar-refractivity contribution in [3.63, 3.8) is 0 Å². The highest BCUT2D eigenvalue weighted by Crippen LogP contribution is 2.17. The van der Waals surface area contributed by atoms with Crippen molar-refractivity contribution in [1.82, 2.24) is 15.6 Å². The first-order valence-corrected chi connectivity index (χ1v) is 8.87. The Hall–Kier alpha value is -2.73. The molecule has 0 fully saturated rings. The van der Waals surface area contributed by atoms with Gasteiger partial charge in [0.15, 0.2) is 0 Å². The van der Waals surface area contributed by atoms with Crippen molar-refractivity contribution in [3.05, 3.63) is 66.0 Å². The Morgan fingerprint density at radius 1 is 1.12 bits per heavy atom. The summed E-state index contributed by atoms with van der Waals surface area (Å²) in [6.45, 7) is 1.86.